The minimum Gasteiger partial charge on any atom is -0.463 e. The molecule has 34 heavy (non-hydrogen) atoms. The molecule has 0 radical (unpaired) electrons. The van der Waals surface area contributed by atoms with E-state index in [1.165, 1.54) is 0 Å². The number of furan rings is 1. The third-order valence-corrected chi connectivity index (χ3v) is 6.15. The van der Waals surface area contributed by atoms with Crippen molar-refractivity contribution in [3.8, 4) is 28.5 Å². The van der Waals surface area contributed by atoms with Gasteiger partial charge < -0.3 is 9.40 Å². The van der Waals surface area contributed by atoms with Gasteiger partial charge in [-0.05, 0) is 24.3 Å². The number of nitrogens with zero attached hydrogens (tertiary/aromatic N) is 4. The molecule has 7 heteroatoms. The number of benzene rings is 2. The summed E-state index contributed by atoms with van der Waals surface area (Å²) in [5.74, 6) is 1.36. The molecule has 1 aliphatic rings. The van der Waals surface area contributed by atoms with Crippen molar-refractivity contribution < 1.29 is 4.42 Å². The van der Waals surface area contributed by atoms with Gasteiger partial charge in [0.1, 0.15) is 11.5 Å². The Morgan fingerprint density at radius 3 is 2.53 bits per heavy atom. The molecule has 1 aliphatic heterocycles. The van der Waals surface area contributed by atoms with Crippen LogP contribution in [-0.4, -0.2) is 31.2 Å². The lowest BCUT2D eigenvalue weighted by Gasteiger charge is -2.27. The van der Waals surface area contributed by atoms with E-state index in [2.05, 4.69) is 9.88 Å². The molecule has 0 saturated heterocycles. The fraction of sp³-hybridized carbons (Fsp3) is 0.148. The minimum absolute atomic E-state index is 0.0696. The molecule has 5 aromatic rings. The summed E-state index contributed by atoms with van der Waals surface area (Å²) < 4.78 is 7.55. The number of hydrogen-bond acceptors (Lipinski definition) is 5. The Hall–Kier alpha value is -4.23. The van der Waals surface area contributed by atoms with Crippen LogP contribution in [0.4, 0.5) is 0 Å². The summed E-state index contributed by atoms with van der Waals surface area (Å²) in [6.07, 6.45) is 4.43. The lowest BCUT2D eigenvalue weighted by Crippen LogP contribution is -2.35. The van der Waals surface area contributed by atoms with Gasteiger partial charge in [-0.3, -0.25) is 9.69 Å². The highest BCUT2D eigenvalue weighted by Crippen LogP contribution is 2.27. The highest BCUT2D eigenvalue weighted by molar-refractivity contribution is 5.57. The van der Waals surface area contributed by atoms with Crippen molar-refractivity contribution in [3.63, 3.8) is 0 Å². The van der Waals surface area contributed by atoms with Crippen LogP contribution in [0.2, 0.25) is 0 Å². The number of para-hydroxylation sites is 1. The number of aromatic amines is 1. The molecule has 0 amide bonds. The van der Waals surface area contributed by atoms with Crippen LogP contribution < -0.4 is 5.56 Å². The molecule has 7 nitrogen and oxygen atoms in total. The Bertz CT molecular complexity index is 1470. The van der Waals surface area contributed by atoms with Crippen LogP contribution in [0.15, 0.2) is 94.5 Å². The van der Waals surface area contributed by atoms with E-state index in [1.54, 1.807) is 6.26 Å². The second-order valence-corrected chi connectivity index (χ2v) is 8.43. The van der Waals surface area contributed by atoms with Crippen LogP contribution in [-0.2, 0) is 19.5 Å². The van der Waals surface area contributed by atoms with Crippen molar-refractivity contribution in [2.75, 3.05) is 6.54 Å². The third kappa shape index (κ3) is 3.86. The number of nitrogens with one attached hydrogen (secondary N) is 1. The van der Waals surface area contributed by atoms with Crippen molar-refractivity contribution in [3.05, 3.63) is 112 Å². The minimum atomic E-state index is -0.0696. The molecule has 0 atom stereocenters. The smallest absolute Gasteiger partial charge is 0.255 e. The predicted octanol–water partition coefficient (Wildman–Crippen LogP) is 4.44. The molecule has 2 aromatic carbocycles. The predicted molar refractivity (Wildman–Crippen MR) is 129 cm³/mol. The fourth-order valence-corrected chi connectivity index (χ4v) is 4.45. The average molecular weight is 450 g/mol. The van der Waals surface area contributed by atoms with Gasteiger partial charge in [-0.25, -0.2) is 9.67 Å². The zero-order valence-electron chi connectivity index (χ0n) is 18.5. The molecule has 0 spiro atoms. The summed E-state index contributed by atoms with van der Waals surface area (Å²) in [5, 5.41) is 4.81. The Morgan fingerprint density at radius 1 is 0.971 bits per heavy atom. The Labute approximate surface area is 196 Å². The van der Waals surface area contributed by atoms with Gasteiger partial charge in [-0.15, -0.1) is 0 Å². The van der Waals surface area contributed by atoms with Gasteiger partial charge >= 0.3 is 0 Å². The Kier molecular flexibility index (Phi) is 5.16. The van der Waals surface area contributed by atoms with Gasteiger partial charge in [0.2, 0.25) is 0 Å². The van der Waals surface area contributed by atoms with Crippen LogP contribution in [0.5, 0.6) is 0 Å². The second-order valence-electron chi connectivity index (χ2n) is 8.43. The quantitative estimate of drug-likeness (QED) is 0.429. The van der Waals surface area contributed by atoms with Gasteiger partial charge in [0, 0.05) is 43.4 Å². The van der Waals surface area contributed by atoms with E-state index in [-0.39, 0.29) is 5.56 Å². The van der Waals surface area contributed by atoms with Crippen molar-refractivity contribution in [1.29, 1.82) is 0 Å². The topological polar surface area (TPSA) is 80.0 Å². The summed E-state index contributed by atoms with van der Waals surface area (Å²) in [6.45, 7) is 2.01. The molecule has 0 aliphatic carbocycles. The van der Waals surface area contributed by atoms with Gasteiger partial charge in [0.15, 0.2) is 5.76 Å². The summed E-state index contributed by atoms with van der Waals surface area (Å²) in [5.41, 5.74) is 5.31. The molecule has 3 aromatic heterocycles. The maximum atomic E-state index is 12.9. The first kappa shape index (κ1) is 20.4. The van der Waals surface area contributed by atoms with Crippen molar-refractivity contribution in [2.24, 2.45) is 0 Å². The SMILES string of the molecule is O=c1[nH]c(-c2ccccc2)nc2c1CN(Cc1cn(-c3ccccc3)nc1-c1ccco1)CC2. The third-order valence-electron chi connectivity index (χ3n) is 6.15. The average Bonchev–Trinajstić information content (AvgIpc) is 3.56. The highest BCUT2D eigenvalue weighted by atomic mass is 16.3. The lowest BCUT2D eigenvalue weighted by molar-refractivity contribution is 0.242. The van der Waals surface area contributed by atoms with Gasteiger partial charge in [0.25, 0.3) is 5.56 Å². The van der Waals surface area contributed by atoms with Crippen LogP contribution >= 0.6 is 0 Å². The fourth-order valence-electron chi connectivity index (χ4n) is 4.45. The molecule has 0 fully saturated rings. The van der Waals surface area contributed by atoms with E-state index < -0.39 is 0 Å². The van der Waals surface area contributed by atoms with E-state index >= 15 is 0 Å². The zero-order chi connectivity index (χ0) is 22.9. The van der Waals surface area contributed by atoms with E-state index in [4.69, 9.17) is 14.5 Å². The number of H-pyrrole nitrogens is 1. The summed E-state index contributed by atoms with van der Waals surface area (Å²) in [6, 6.07) is 23.6. The number of aromatic nitrogens is 4. The van der Waals surface area contributed by atoms with Gasteiger partial charge in [-0.2, -0.15) is 5.10 Å². The van der Waals surface area contributed by atoms with Crippen LogP contribution in [0.3, 0.4) is 0 Å². The Balaban J connectivity index is 1.30. The van der Waals surface area contributed by atoms with Crippen LogP contribution in [0.25, 0.3) is 28.5 Å². The van der Waals surface area contributed by atoms with Crippen molar-refractivity contribution in [1.82, 2.24) is 24.6 Å². The van der Waals surface area contributed by atoms with Gasteiger partial charge in [0.05, 0.1) is 23.2 Å². The standard InChI is InChI=1S/C27H23N5O2/c33-27-22-18-31(14-13-23(22)28-26(29-27)19-8-3-1-4-9-19)16-20-17-32(21-10-5-2-6-11-21)30-25(20)24-12-7-15-34-24/h1-12,15,17H,13-14,16,18H2,(H,28,29,33). The molecule has 168 valence electrons. The summed E-state index contributed by atoms with van der Waals surface area (Å²) in [7, 11) is 0. The molecular formula is C27H23N5O2. The number of fused-ring (bicyclic) bond motifs is 1. The van der Waals surface area contributed by atoms with Crippen LogP contribution in [0, 0.1) is 0 Å². The normalized spacial score (nSPS) is 13.6. The number of hydrogen-bond donors (Lipinski definition) is 1. The van der Waals surface area contributed by atoms with E-state index in [0.717, 1.165) is 52.5 Å². The maximum absolute atomic E-state index is 12.9. The van der Waals surface area contributed by atoms with Crippen LogP contribution in [0.1, 0.15) is 16.8 Å². The highest BCUT2D eigenvalue weighted by Gasteiger charge is 2.24. The summed E-state index contributed by atoms with van der Waals surface area (Å²) >= 11 is 0. The number of rotatable bonds is 5. The largest absolute Gasteiger partial charge is 0.463 e. The van der Waals surface area contributed by atoms with E-state index in [0.29, 0.717) is 18.9 Å². The molecule has 4 heterocycles. The second kappa shape index (κ2) is 8.61. The van der Waals surface area contributed by atoms with Crippen molar-refractivity contribution in [2.45, 2.75) is 19.5 Å². The molecule has 0 bridgehead atoms. The lowest BCUT2D eigenvalue weighted by atomic mass is 10.1. The molecule has 6 rings (SSSR count). The molecule has 1 N–H and O–H groups in total. The summed E-state index contributed by atoms with van der Waals surface area (Å²) in [4.78, 5) is 23.0. The first-order chi connectivity index (χ1) is 16.7. The molecule has 0 saturated carbocycles. The molecule has 0 unspecified atom stereocenters. The first-order valence-electron chi connectivity index (χ1n) is 11.3. The zero-order valence-corrected chi connectivity index (χ0v) is 18.5. The first-order valence-corrected chi connectivity index (χ1v) is 11.3. The van der Waals surface area contributed by atoms with E-state index in [9.17, 15) is 4.79 Å². The monoisotopic (exact) mass is 449 g/mol. The van der Waals surface area contributed by atoms with E-state index in [1.807, 2.05) is 83.7 Å². The maximum Gasteiger partial charge on any atom is 0.255 e. The van der Waals surface area contributed by atoms with Crippen molar-refractivity contribution >= 4 is 0 Å². The Morgan fingerprint density at radius 2 is 1.76 bits per heavy atom. The van der Waals surface area contributed by atoms with Gasteiger partial charge in [-0.1, -0.05) is 48.5 Å². The molecular weight excluding hydrogens is 426 g/mol.